The maximum atomic E-state index is 12.1. The van der Waals surface area contributed by atoms with Crippen molar-refractivity contribution in [2.75, 3.05) is 5.75 Å². The maximum absolute atomic E-state index is 12.1. The lowest BCUT2D eigenvalue weighted by Gasteiger charge is -2.20. The molecule has 1 aliphatic rings. The Balaban J connectivity index is 1.56. The average molecular weight is 386 g/mol. The van der Waals surface area contributed by atoms with E-state index in [0.717, 1.165) is 53.6 Å². The van der Waals surface area contributed by atoms with Gasteiger partial charge in [-0.3, -0.25) is 20.4 Å². The van der Waals surface area contributed by atoms with E-state index in [1.54, 1.807) is 0 Å². The quantitative estimate of drug-likeness (QED) is 0.604. The molecular weight excluding hydrogens is 358 g/mol. The zero-order valence-electron chi connectivity index (χ0n) is 16.0. The van der Waals surface area contributed by atoms with Crippen LogP contribution in [0.1, 0.15) is 50.2 Å². The maximum Gasteiger partial charge on any atom is 0.248 e. The number of hydrogen-bond donors (Lipinski definition) is 2. The zero-order valence-corrected chi connectivity index (χ0v) is 16.8. The highest BCUT2D eigenvalue weighted by Gasteiger charge is 2.21. The third-order valence-electron chi connectivity index (χ3n) is 5.03. The molecule has 0 radical (unpaired) electrons. The number of nitrogens with zero attached hydrogens (tertiary/aromatic N) is 1. The van der Waals surface area contributed by atoms with Gasteiger partial charge in [-0.15, -0.1) is 0 Å². The van der Waals surface area contributed by atoms with Gasteiger partial charge < -0.3 is 0 Å². The summed E-state index contributed by atoms with van der Waals surface area (Å²) in [4.78, 5) is 29.0. The summed E-state index contributed by atoms with van der Waals surface area (Å²) in [5.41, 5.74) is 8.41. The molecule has 144 valence electrons. The smallest absolute Gasteiger partial charge is 0.248 e. The van der Waals surface area contributed by atoms with Gasteiger partial charge in [0.25, 0.3) is 0 Å². The van der Waals surface area contributed by atoms with E-state index in [2.05, 4.69) is 36.8 Å². The molecule has 1 aliphatic carbocycles. The van der Waals surface area contributed by atoms with Crippen LogP contribution in [0.5, 0.6) is 0 Å². The summed E-state index contributed by atoms with van der Waals surface area (Å²) < 4.78 is 0. The predicted molar refractivity (Wildman–Crippen MR) is 109 cm³/mol. The number of hydrazine groups is 1. The Bertz CT molecular complexity index is 832. The number of carbonyl (C=O) groups is 2. The van der Waals surface area contributed by atoms with Crippen LogP contribution < -0.4 is 10.9 Å². The summed E-state index contributed by atoms with van der Waals surface area (Å²) in [6, 6.07) is 8.34. The summed E-state index contributed by atoms with van der Waals surface area (Å²) in [5, 5.41) is 2.00. The molecule has 27 heavy (non-hydrogen) atoms. The molecule has 2 amide bonds. The Kier molecular flexibility index (Phi) is 6.72. The van der Waals surface area contributed by atoms with Crippen LogP contribution in [0, 0.1) is 12.8 Å². The van der Waals surface area contributed by atoms with Gasteiger partial charge in [0.1, 0.15) is 5.03 Å². The van der Waals surface area contributed by atoms with E-state index in [4.69, 9.17) is 4.98 Å². The molecule has 2 aromatic rings. The van der Waals surface area contributed by atoms with Crippen molar-refractivity contribution in [2.24, 2.45) is 5.92 Å². The van der Waals surface area contributed by atoms with E-state index in [0.29, 0.717) is 0 Å². The van der Waals surface area contributed by atoms with E-state index >= 15 is 0 Å². The van der Waals surface area contributed by atoms with Gasteiger partial charge in [-0.05, 0) is 49.9 Å². The second-order valence-electron chi connectivity index (χ2n) is 7.16. The molecule has 0 unspecified atom stereocenters. The highest BCUT2D eigenvalue weighted by atomic mass is 32.2. The predicted octanol–water partition coefficient (Wildman–Crippen LogP) is 3.93. The number of aromatic nitrogens is 1. The number of amides is 2. The standard InChI is InChI=1S/C21H27N3O2S/c1-3-15-12-17-11-14(2)9-10-18(17)22-21(15)27-13-19(25)23-24-20(26)16-7-5-4-6-8-16/h9-12,16H,3-8,13H2,1-2H3,(H,23,25)(H,24,26). The fraction of sp³-hybridized carbons (Fsp3) is 0.476. The van der Waals surface area contributed by atoms with E-state index in [-0.39, 0.29) is 23.5 Å². The van der Waals surface area contributed by atoms with Crippen LogP contribution in [-0.2, 0) is 16.0 Å². The Hall–Kier alpha value is -2.08. The summed E-state index contributed by atoms with van der Waals surface area (Å²) in [6.07, 6.45) is 6.07. The second-order valence-corrected chi connectivity index (χ2v) is 8.13. The number of pyridine rings is 1. The Labute approximate surface area is 164 Å². The number of carbonyl (C=O) groups excluding carboxylic acids is 2. The molecule has 5 nitrogen and oxygen atoms in total. The van der Waals surface area contributed by atoms with Crippen LogP contribution in [0.25, 0.3) is 10.9 Å². The monoisotopic (exact) mass is 385 g/mol. The molecule has 0 saturated heterocycles. The summed E-state index contributed by atoms with van der Waals surface area (Å²) in [5.74, 6) is -0.0231. The molecule has 3 rings (SSSR count). The van der Waals surface area contributed by atoms with Crippen molar-refractivity contribution in [3.63, 3.8) is 0 Å². The largest absolute Gasteiger partial charge is 0.273 e. The van der Waals surface area contributed by atoms with Crippen molar-refractivity contribution >= 4 is 34.5 Å². The van der Waals surface area contributed by atoms with Gasteiger partial charge >= 0.3 is 0 Å². The third-order valence-corrected chi connectivity index (χ3v) is 6.06. The lowest BCUT2D eigenvalue weighted by atomic mass is 9.89. The van der Waals surface area contributed by atoms with Crippen LogP contribution in [0.4, 0.5) is 0 Å². The molecule has 1 fully saturated rings. The van der Waals surface area contributed by atoms with Crippen LogP contribution in [-0.4, -0.2) is 22.6 Å². The minimum atomic E-state index is -0.211. The molecule has 1 heterocycles. The second kappa shape index (κ2) is 9.22. The Morgan fingerprint density at radius 2 is 1.93 bits per heavy atom. The van der Waals surface area contributed by atoms with E-state index in [1.165, 1.54) is 23.7 Å². The van der Waals surface area contributed by atoms with Gasteiger partial charge in [0.15, 0.2) is 0 Å². The topological polar surface area (TPSA) is 71.1 Å². The van der Waals surface area contributed by atoms with Crippen molar-refractivity contribution in [3.05, 3.63) is 35.4 Å². The summed E-state index contributed by atoms with van der Waals surface area (Å²) >= 11 is 1.41. The fourth-order valence-electron chi connectivity index (χ4n) is 3.47. The van der Waals surface area contributed by atoms with Crippen molar-refractivity contribution in [3.8, 4) is 0 Å². The first kappa shape index (κ1) is 19.7. The van der Waals surface area contributed by atoms with E-state index in [9.17, 15) is 9.59 Å². The van der Waals surface area contributed by atoms with Crippen molar-refractivity contribution in [1.82, 2.24) is 15.8 Å². The van der Waals surface area contributed by atoms with Crippen LogP contribution in [0.3, 0.4) is 0 Å². The number of rotatable bonds is 5. The first-order valence-corrected chi connectivity index (χ1v) is 10.7. The van der Waals surface area contributed by atoms with Crippen LogP contribution >= 0.6 is 11.8 Å². The number of thioether (sulfide) groups is 1. The SMILES string of the molecule is CCc1cc2cc(C)ccc2nc1SCC(=O)NNC(=O)C1CCCCC1. The van der Waals surface area contributed by atoms with Gasteiger partial charge in [0.05, 0.1) is 11.3 Å². The van der Waals surface area contributed by atoms with Gasteiger partial charge in [-0.2, -0.15) is 0 Å². The lowest BCUT2D eigenvalue weighted by Crippen LogP contribution is -2.45. The highest BCUT2D eigenvalue weighted by molar-refractivity contribution is 7.99. The van der Waals surface area contributed by atoms with Gasteiger partial charge in [-0.25, -0.2) is 4.98 Å². The number of aryl methyl sites for hydroxylation is 2. The first-order chi connectivity index (χ1) is 13.1. The minimum Gasteiger partial charge on any atom is -0.273 e. The number of hydrogen-bond acceptors (Lipinski definition) is 4. The fourth-order valence-corrected chi connectivity index (χ4v) is 4.36. The third kappa shape index (κ3) is 5.22. The minimum absolute atomic E-state index is 0.0315. The van der Waals surface area contributed by atoms with Crippen molar-refractivity contribution in [1.29, 1.82) is 0 Å². The molecule has 6 heteroatoms. The molecular formula is C21H27N3O2S. The van der Waals surface area contributed by atoms with Gasteiger partial charge in [0, 0.05) is 11.3 Å². The lowest BCUT2D eigenvalue weighted by molar-refractivity contribution is -0.131. The zero-order chi connectivity index (χ0) is 19.2. The molecule has 1 aromatic carbocycles. The Morgan fingerprint density at radius 1 is 1.15 bits per heavy atom. The van der Waals surface area contributed by atoms with Crippen LogP contribution in [0.15, 0.2) is 29.3 Å². The normalized spacial score (nSPS) is 14.9. The molecule has 1 saturated carbocycles. The molecule has 1 aromatic heterocycles. The molecule has 0 bridgehead atoms. The summed E-state index contributed by atoms with van der Waals surface area (Å²) in [7, 11) is 0. The Morgan fingerprint density at radius 3 is 2.67 bits per heavy atom. The van der Waals surface area contributed by atoms with Crippen molar-refractivity contribution < 1.29 is 9.59 Å². The summed E-state index contributed by atoms with van der Waals surface area (Å²) in [6.45, 7) is 4.16. The van der Waals surface area contributed by atoms with Gasteiger partial charge in [0.2, 0.25) is 11.8 Å². The van der Waals surface area contributed by atoms with E-state index in [1.807, 2.05) is 12.1 Å². The molecule has 0 atom stereocenters. The number of fused-ring (bicyclic) bond motifs is 1. The average Bonchev–Trinajstić information content (AvgIpc) is 2.70. The molecule has 0 aliphatic heterocycles. The molecule has 0 spiro atoms. The van der Waals surface area contributed by atoms with Crippen molar-refractivity contribution in [2.45, 2.75) is 57.4 Å². The van der Waals surface area contributed by atoms with Gasteiger partial charge in [-0.1, -0.05) is 49.6 Å². The first-order valence-electron chi connectivity index (χ1n) is 9.68. The highest BCUT2D eigenvalue weighted by Crippen LogP contribution is 2.26. The number of nitrogens with one attached hydrogen (secondary N) is 2. The van der Waals surface area contributed by atoms with Crippen LogP contribution in [0.2, 0.25) is 0 Å². The van der Waals surface area contributed by atoms with E-state index < -0.39 is 0 Å². The number of benzene rings is 1. The molecule has 2 N–H and O–H groups in total.